The average Bonchev–Trinajstić information content (AvgIpc) is 3.03. The molecule has 0 aromatic heterocycles. The normalized spacial score (nSPS) is 26.0. The van der Waals surface area contributed by atoms with Crippen LogP contribution in [0.15, 0.2) is 53.5 Å². The molecule has 2 unspecified atom stereocenters. The van der Waals surface area contributed by atoms with Gasteiger partial charge in [0.2, 0.25) is 11.7 Å². The Labute approximate surface area is 157 Å². The van der Waals surface area contributed by atoms with E-state index in [4.69, 9.17) is 11.5 Å². The van der Waals surface area contributed by atoms with Gasteiger partial charge in [-0.15, -0.1) is 0 Å². The summed E-state index contributed by atoms with van der Waals surface area (Å²) in [7, 11) is 2.10. The number of guanidine groups is 1. The van der Waals surface area contributed by atoms with Crippen LogP contribution in [0.25, 0.3) is 0 Å². The van der Waals surface area contributed by atoms with Crippen LogP contribution in [0.3, 0.4) is 0 Å². The van der Waals surface area contributed by atoms with Crippen LogP contribution in [0.4, 0.5) is 10.1 Å². The zero-order valence-electron chi connectivity index (χ0n) is 15.2. The molecule has 0 bridgehead atoms. The Morgan fingerprint density at radius 1 is 1.19 bits per heavy atom. The highest BCUT2D eigenvalue weighted by molar-refractivity contribution is 5.79. The SMILES string of the molecule is CN1CCN(c2ccc(C3(N)N=C(N)NN3)cc2F)CC1c1ccccc1. The molecule has 2 aliphatic heterocycles. The van der Waals surface area contributed by atoms with Crippen LogP contribution < -0.4 is 27.2 Å². The van der Waals surface area contributed by atoms with Crippen molar-refractivity contribution in [3.05, 3.63) is 65.5 Å². The van der Waals surface area contributed by atoms with Crippen LogP contribution in [-0.2, 0) is 5.79 Å². The molecule has 2 heterocycles. The molecule has 2 atom stereocenters. The number of hydrazine groups is 1. The van der Waals surface area contributed by atoms with Gasteiger partial charge in [0.1, 0.15) is 5.82 Å². The van der Waals surface area contributed by atoms with E-state index in [1.165, 1.54) is 11.6 Å². The molecule has 27 heavy (non-hydrogen) atoms. The second-order valence-electron chi connectivity index (χ2n) is 7.03. The summed E-state index contributed by atoms with van der Waals surface area (Å²) in [5, 5.41) is 0. The fourth-order valence-corrected chi connectivity index (χ4v) is 3.67. The Morgan fingerprint density at radius 2 is 1.96 bits per heavy atom. The molecule has 4 rings (SSSR count). The first kappa shape index (κ1) is 17.7. The third-order valence-electron chi connectivity index (χ3n) is 5.24. The minimum atomic E-state index is -1.27. The molecule has 1 fully saturated rings. The second kappa shape index (κ2) is 6.80. The lowest BCUT2D eigenvalue weighted by atomic mass is 10.0. The molecule has 8 heteroatoms. The maximum Gasteiger partial charge on any atom is 0.209 e. The maximum atomic E-state index is 14.9. The van der Waals surface area contributed by atoms with Crippen molar-refractivity contribution in [2.45, 2.75) is 11.8 Å². The molecule has 6 N–H and O–H groups in total. The van der Waals surface area contributed by atoms with Crippen molar-refractivity contribution in [2.75, 3.05) is 31.6 Å². The zero-order valence-corrected chi connectivity index (χ0v) is 15.2. The Bertz CT molecular complexity index is 856. The van der Waals surface area contributed by atoms with E-state index in [0.717, 1.165) is 19.6 Å². The first-order valence-corrected chi connectivity index (χ1v) is 8.94. The van der Waals surface area contributed by atoms with Gasteiger partial charge < -0.3 is 10.6 Å². The highest BCUT2D eigenvalue weighted by Crippen LogP contribution is 2.31. The van der Waals surface area contributed by atoms with Crippen molar-refractivity contribution in [1.82, 2.24) is 15.8 Å². The average molecular weight is 369 g/mol. The van der Waals surface area contributed by atoms with Gasteiger partial charge in [-0.25, -0.2) is 9.38 Å². The van der Waals surface area contributed by atoms with Crippen molar-refractivity contribution in [3.63, 3.8) is 0 Å². The molecule has 7 nitrogen and oxygen atoms in total. The van der Waals surface area contributed by atoms with Gasteiger partial charge >= 0.3 is 0 Å². The number of benzene rings is 2. The standard InChI is InChI=1S/C19H24FN7/c1-26-9-10-27(12-17(26)13-5-3-2-4-6-13)16-8-7-14(11-15(16)20)19(22)23-18(21)24-25-19/h2-8,11,17,25H,9-10,12,22H2,1H3,(H3,21,23,24). The van der Waals surface area contributed by atoms with Crippen LogP contribution >= 0.6 is 0 Å². The van der Waals surface area contributed by atoms with Crippen molar-refractivity contribution in [2.24, 2.45) is 16.5 Å². The van der Waals surface area contributed by atoms with Crippen LogP contribution in [0.5, 0.6) is 0 Å². The Hall–Kier alpha value is -2.68. The third-order valence-corrected chi connectivity index (χ3v) is 5.24. The van der Waals surface area contributed by atoms with Gasteiger partial charge in [-0.1, -0.05) is 36.4 Å². The van der Waals surface area contributed by atoms with Crippen LogP contribution in [0.2, 0.25) is 0 Å². The van der Waals surface area contributed by atoms with Crippen molar-refractivity contribution in [3.8, 4) is 0 Å². The van der Waals surface area contributed by atoms with Crippen LogP contribution in [0.1, 0.15) is 17.2 Å². The summed E-state index contributed by atoms with van der Waals surface area (Å²) in [5.41, 5.74) is 19.5. The quantitative estimate of drug-likeness (QED) is 0.640. The number of nitrogens with zero attached hydrogens (tertiary/aromatic N) is 3. The molecule has 0 aliphatic carbocycles. The van der Waals surface area contributed by atoms with Gasteiger partial charge in [0.15, 0.2) is 0 Å². The summed E-state index contributed by atoms with van der Waals surface area (Å²) < 4.78 is 14.9. The molecule has 2 aromatic rings. The summed E-state index contributed by atoms with van der Waals surface area (Å²) in [6.07, 6.45) is 0. The molecule has 0 amide bonds. The van der Waals surface area contributed by atoms with Gasteiger partial charge in [-0.3, -0.25) is 16.1 Å². The van der Waals surface area contributed by atoms with Crippen LogP contribution in [0, 0.1) is 5.82 Å². The number of likely N-dealkylation sites (N-methyl/N-ethyl adjacent to an activating group) is 1. The fraction of sp³-hybridized carbons (Fsp3) is 0.316. The van der Waals surface area contributed by atoms with E-state index in [-0.39, 0.29) is 17.8 Å². The second-order valence-corrected chi connectivity index (χ2v) is 7.03. The highest BCUT2D eigenvalue weighted by Gasteiger charge is 2.33. The summed E-state index contributed by atoms with van der Waals surface area (Å²) in [4.78, 5) is 8.48. The van der Waals surface area contributed by atoms with E-state index in [1.807, 2.05) is 18.2 Å². The first-order chi connectivity index (χ1) is 13.0. The summed E-state index contributed by atoms with van der Waals surface area (Å²) in [6, 6.07) is 15.5. The number of aliphatic imine (C=N–C) groups is 1. The lowest BCUT2D eigenvalue weighted by molar-refractivity contribution is 0.220. The number of halogens is 1. The number of piperazine rings is 1. The van der Waals surface area contributed by atoms with E-state index < -0.39 is 5.79 Å². The van der Waals surface area contributed by atoms with E-state index in [0.29, 0.717) is 11.3 Å². The Kier molecular flexibility index (Phi) is 4.47. The number of hydrogen-bond acceptors (Lipinski definition) is 7. The minimum Gasteiger partial charge on any atom is -0.369 e. The van der Waals surface area contributed by atoms with Gasteiger partial charge in [-0.2, -0.15) is 5.43 Å². The maximum absolute atomic E-state index is 14.9. The van der Waals surface area contributed by atoms with Gasteiger partial charge in [0, 0.05) is 25.2 Å². The molecule has 0 saturated carbocycles. The zero-order chi connectivity index (χ0) is 19.0. The molecule has 0 radical (unpaired) electrons. The van der Waals surface area contributed by atoms with E-state index in [1.54, 1.807) is 12.1 Å². The summed E-state index contributed by atoms with van der Waals surface area (Å²) >= 11 is 0. The molecule has 2 aliphatic rings. The minimum absolute atomic E-state index is 0.173. The molecular weight excluding hydrogens is 345 g/mol. The van der Waals surface area contributed by atoms with Crippen molar-refractivity contribution < 1.29 is 4.39 Å². The summed E-state index contributed by atoms with van der Waals surface area (Å²) in [5.74, 6) is -1.42. The first-order valence-electron chi connectivity index (χ1n) is 8.94. The predicted octanol–water partition coefficient (Wildman–Crippen LogP) is 0.810. The number of nitrogens with one attached hydrogen (secondary N) is 2. The van der Waals surface area contributed by atoms with E-state index in [9.17, 15) is 4.39 Å². The van der Waals surface area contributed by atoms with Crippen molar-refractivity contribution in [1.29, 1.82) is 0 Å². The predicted molar refractivity (Wildman–Crippen MR) is 104 cm³/mol. The number of hydrogen-bond donors (Lipinski definition) is 4. The molecule has 142 valence electrons. The molecule has 0 spiro atoms. The number of nitrogens with two attached hydrogens (primary N) is 2. The van der Waals surface area contributed by atoms with E-state index >= 15 is 0 Å². The smallest absolute Gasteiger partial charge is 0.209 e. The summed E-state index contributed by atoms with van der Waals surface area (Å²) in [6.45, 7) is 2.33. The Balaban J connectivity index is 1.58. The van der Waals surface area contributed by atoms with Crippen LogP contribution in [-0.4, -0.2) is 37.5 Å². The lowest BCUT2D eigenvalue weighted by Gasteiger charge is -2.41. The monoisotopic (exact) mass is 369 g/mol. The fourth-order valence-electron chi connectivity index (χ4n) is 3.67. The number of rotatable bonds is 3. The highest BCUT2D eigenvalue weighted by atomic mass is 19.1. The Morgan fingerprint density at radius 3 is 2.63 bits per heavy atom. The van der Waals surface area contributed by atoms with Gasteiger partial charge in [0.05, 0.1) is 11.7 Å². The largest absolute Gasteiger partial charge is 0.369 e. The molecular formula is C19H24FN7. The molecule has 2 aromatic carbocycles. The van der Waals surface area contributed by atoms with Gasteiger partial charge in [-0.05, 0) is 24.7 Å². The molecule has 1 saturated heterocycles. The lowest BCUT2D eigenvalue weighted by Crippen LogP contribution is -2.50. The van der Waals surface area contributed by atoms with Crippen molar-refractivity contribution >= 4 is 11.6 Å². The van der Waals surface area contributed by atoms with E-state index in [2.05, 4.69) is 44.8 Å². The third kappa shape index (κ3) is 3.34. The van der Waals surface area contributed by atoms with Gasteiger partial charge in [0.25, 0.3) is 0 Å². The number of anilines is 1. The topological polar surface area (TPSA) is 94.9 Å².